The highest BCUT2D eigenvalue weighted by molar-refractivity contribution is 5.68. The van der Waals surface area contributed by atoms with Crippen LogP contribution in [0.4, 0.5) is 9.59 Å². The van der Waals surface area contributed by atoms with Crippen molar-refractivity contribution in [3.8, 4) is 0 Å². The van der Waals surface area contributed by atoms with Gasteiger partial charge in [-0.3, -0.25) is 0 Å². The van der Waals surface area contributed by atoms with E-state index in [1.165, 1.54) is 0 Å². The largest absolute Gasteiger partial charge is 0.445 e. The zero-order valence-electron chi connectivity index (χ0n) is 13.5. The molecule has 21 heavy (non-hydrogen) atoms. The van der Waals surface area contributed by atoms with Gasteiger partial charge in [-0.25, -0.2) is 9.59 Å². The third-order valence-corrected chi connectivity index (χ3v) is 2.50. The van der Waals surface area contributed by atoms with Crippen LogP contribution < -0.4 is 10.6 Å². The minimum absolute atomic E-state index is 0.0674. The lowest BCUT2D eigenvalue weighted by Crippen LogP contribution is -2.45. The first kappa shape index (κ1) is 19.5. The summed E-state index contributed by atoms with van der Waals surface area (Å²) in [5.74, 6) is 0. The lowest BCUT2D eigenvalue weighted by molar-refractivity contribution is -0.0730. The van der Waals surface area contributed by atoms with Crippen molar-refractivity contribution in [1.29, 1.82) is 0 Å². The van der Waals surface area contributed by atoms with Gasteiger partial charge in [0.2, 0.25) is 0 Å². The van der Waals surface area contributed by atoms with Crippen molar-refractivity contribution in [1.82, 2.24) is 10.6 Å². The molecule has 7 heteroatoms. The van der Waals surface area contributed by atoms with E-state index in [4.69, 9.17) is 14.2 Å². The molecule has 124 valence electrons. The average molecular weight is 304 g/mol. The molecule has 0 rings (SSSR count). The smallest absolute Gasteiger partial charge is 0.407 e. The molecule has 1 atom stereocenters. The van der Waals surface area contributed by atoms with Crippen molar-refractivity contribution >= 4 is 12.2 Å². The second kappa shape index (κ2) is 11.2. The van der Waals surface area contributed by atoms with Crippen LogP contribution in [-0.2, 0) is 14.2 Å². The Labute approximate surface area is 126 Å². The van der Waals surface area contributed by atoms with E-state index in [9.17, 15) is 9.59 Å². The Morgan fingerprint density at radius 1 is 0.952 bits per heavy atom. The number of alkyl carbamates (subject to hydrolysis) is 2. The molecule has 1 unspecified atom stereocenters. The van der Waals surface area contributed by atoms with E-state index in [0.717, 1.165) is 12.8 Å². The predicted octanol–water partition coefficient (Wildman–Crippen LogP) is 2.05. The Morgan fingerprint density at radius 3 is 2.05 bits per heavy atom. The summed E-state index contributed by atoms with van der Waals surface area (Å²) in [5.41, 5.74) is -1.02. The lowest BCUT2D eigenvalue weighted by Gasteiger charge is -2.28. The van der Waals surface area contributed by atoms with Crippen molar-refractivity contribution in [2.45, 2.75) is 46.1 Å². The zero-order valence-corrected chi connectivity index (χ0v) is 13.5. The molecule has 2 N–H and O–H groups in total. The number of hydrogen-bond acceptors (Lipinski definition) is 5. The average Bonchev–Trinajstić information content (AvgIpc) is 2.47. The van der Waals surface area contributed by atoms with Gasteiger partial charge in [0.25, 0.3) is 0 Å². The molecule has 0 aliphatic rings. The van der Waals surface area contributed by atoms with Crippen LogP contribution in [-0.4, -0.2) is 50.7 Å². The first-order valence-electron chi connectivity index (χ1n) is 7.42. The maximum Gasteiger partial charge on any atom is 0.407 e. The highest BCUT2D eigenvalue weighted by Gasteiger charge is 2.31. The van der Waals surface area contributed by atoms with Crippen LogP contribution in [0.5, 0.6) is 0 Å². The summed E-state index contributed by atoms with van der Waals surface area (Å²) < 4.78 is 15.7. The van der Waals surface area contributed by atoms with Gasteiger partial charge in [0, 0.05) is 19.7 Å². The van der Waals surface area contributed by atoms with Crippen LogP contribution in [0.1, 0.15) is 40.5 Å². The lowest BCUT2D eigenvalue weighted by atomic mass is 10.1. The molecule has 0 aliphatic heterocycles. The van der Waals surface area contributed by atoms with Gasteiger partial charge in [0.05, 0.1) is 6.61 Å². The van der Waals surface area contributed by atoms with Gasteiger partial charge >= 0.3 is 12.2 Å². The highest BCUT2D eigenvalue weighted by atomic mass is 16.6. The Balaban J connectivity index is 4.38. The van der Waals surface area contributed by atoms with Gasteiger partial charge in [0.15, 0.2) is 5.60 Å². The Hall–Kier alpha value is -1.50. The monoisotopic (exact) mass is 304 g/mol. The molecule has 0 saturated carbocycles. The quantitative estimate of drug-likeness (QED) is 0.645. The summed E-state index contributed by atoms with van der Waals surface area (Å²) in [5, 5.41) is 5.20. The maximum absolute atomic E-state index is 11.7. The van der Waals surface area contributed by atoms with E-state index in [2.05, 4.69) is 10.6 Å². The van der Waals surface area contributed by atoms with Crippen molar-refractivity contribution in [2.75, 3.05) is 32.9 Å². The number of carbonyl (C=O) groups excluding carboxylic acids is 2. The Morgan fingerprint density at radius 2 is 1.52 bits per heavy atom. The third-order valence-electron chi connectivity index (χ3n) is 2.50. The molecule has 0 heterocycles. The molecule has 0 aromatic carbocycles. The minimum atomic E-state index is -1.02. The second-order valence-corrected chi connectivity index (χ2v) is 4.91. The molecule has 0 aromatic rings. The third kappa shape index (κ3) is 9.95. The first-order valence-corrected chi connectivity index (χ1v) is 7.42. The fraction of sp³-hybridized carbons (Fsp3) is 0.857. The number of carbonyl (C=O) groups is 2. The van der Waals surface area contributed by atoms with Crippen molar-refractivity contribution in [3.05, 3.63) is 0 Å². The molecule has 0 saturated heterocycles. The fourth-order valence-corrected chi connectivity index (χ4v) is 1.40. The standard InChI is InChI=1S/C14H28N2O5/c1-5-8-15-12(17)20-11-14(4,10-19-7-3)21-13(18)16-9-6-2/h5-11H2,1-4H3,(H,15,17)(H,16,18). The van der Waals surface area contributed by atoms with E-state index in [1.807, 2.05) is 20.8 Å². The van der Waals surface area contributed by atoms with E-state index in [0.29, 0.717) is 19.7 Å². The Kier molecular flexibility index (Phi) is 10.4. The van der Waals surface area contributed by atoms with Gasteiger partial charge in [-0.1, -0.05) is 13.8 Å². The zero-order chi connectivity index (χ0) is 16.1. The molecular formula is C14H28N2O5. The van der Waals surface area contributed by atoms with E-state index >= 15 is 0 Å². The molecule has 0 aliphatic carbocycles. The molecule has 0 bridgehead atoms. The van der Waals surface area contributed by atoms with Gasteiger partial charge in [-0.15, -0.1) is 0 Å². The van der Waals surface area contributed by atoms with E-state index in [1.54, 1.807) is 6.92 Å². The molecule has 0 fully saturated rings. The summed E-state index contributed by atoms with van der Waals surface area (Å²) in [4.78, 5) is 23.1. The molecule has 2 amide bonds. The molecule has 7 nitrogen and oxygen atoms in total. The molecule has 0 aromatic heterocycles. The number of nitrogens with one attached hydrogen (secondary N) is 2. The summed E-state index contributed by atoms with van der Waals surface area (Å²) in [7, 11) is 0. The summed E-state index contributed by atoms with van der Waals surface area (Å²) in [6.07, 6.45) is 0.558. The van der Waals surface area contributed by atoms with Crippen LogP contribution in [0.15, 0.2) is 0 Å². The van der Waals surface area contributed by atoms with Crippen molar-refractivity contribution < 1.29 is 23.8 Å². The second-order valence-electron chi connectivity index (χ2n) is 4.91. The van der Waals surface area contributed by atoms with Crippen molar-refractivity contribution in [2.24, 2.45) is 0 Å². The SMILES string of the molecule is CCCNC(=O)OCC(C)(COCC)OC(=O)NCCC. The number of rotatable bonds is 10. The predicted molar refractivity (Wildman–Crippen MR) is 79.3 cm³/mol. The van der Waals surface area contributed by atoms with Gasteiger partial charge in [-0.05, 0) is 26.7 Å². The summed E-state index contributed by atoms with van der Waals surface area (Å²) in [6, 6.07) is 0. The van der Waals surface area contributed by atoms with Gasteiger partial charge < -0.3 is 24.8 Å². The molecule has 0 spiro atoms. The topological polar surface area (TPSA) is 85.9 Å². The normalized spacial score (nSPS) is 13.1. The van der Waals surface area contributed by atoms with E-state index < -0.39 is 17.8 Å². The van der Waals surface area contributed by atoms with Crippen molar-refractivity contribution in [3.63, 3.8) is 0 Å². The molecule has 0 radical (unpaired) electrons. The van der Waals surface area contributed by atoms with Gasteiger partial charge in [-0.2, -0.15) is 0 Å². The number of amides is 2. The first-order chi connectivity index (χ1) is 9.97. The highest BCUT2D eigenvalue weighted by Crippen LogP contribution is 2.12. The van der Waals surface area contributed by atoms with Crippen LogP contribution >= 0.6 is 0 Å². The van der Waals surface area contributed by atoms with E-state index in [-0.39, 0.29) is 13.2 Å². The summed E-state index contributed by atoms with van der Waals surface area (Å²) >= 11 is 0. The number of hydrogen-bond donors (Lipinski definition) is 2. The van der Waals surface area contributed by atoms with Gasteiger partial charge in [0.1, 0.15) is 6.61 Å². The maximum atomic E-state index is 11.7. The van der Waals surface area contributed by atoms with Crippen LogP contribution in [0.2, 0.25) is 0 Å². The van der Waals surface area contributed by atoms with Crippen LogP contribution in [0.3, 0.4) is 0 Å². The molecular weight excluding hydrogens is 276 g/mol. The van der Waals surface area contributed by atoms with Crippen LogP contribution in [0, 0.1) is 0 Å². The number of ether oxygens (including phenoxy) is 3. The minimum Gasteiger partial charge on any atom is -0.445 e. The van der Waals surface area contributed by atoms with Crippen LogP contribution in [0.25, 0.3) is 0 Å². The Bertz CT molecular complexity index is 312. The summed E-state index contributed by atoms with van der Waals surface area (Å²) in [6.45, 7) is 9.04. The fourth-order valence-electron chi connectivity index (χ4n) is 1.40.